The molecule has 0 aromatic heterocycles. The predicted octanol–water partition coefficient (Wildman–Crippen LogP) is 7.25. The Balaban J connectivity index is 2.44. The van der Waals surface area contributed by atoms with Crippen LogP contribution in [0.1, 0.15) is 96.6 Å². The smallest absolute Gasteiger partial charge is 0.382 e. The van der Waals surface area contributed by atoms with E-state index in [2.05, 4.69) is 19.9 Å². The molecule has 1 N–H and O–H groups in total. The van der Waals surface area contributed by atoms with Gasteiger partial charge in [0.05, 0.1) is 6.16 Å². The summed E-state index contributed by atoms with van der Waals surface area (Å²) in [5.41, 5.74) is 2.88. The third kappa shape index (κ3) is 7.97. The van der Waals surface area contributed by atoms with Gasteiger partial charge in [-0.1, -0.05) is 38.3 Å². The van der Waals surface area contributed by atoms with Crippen molar-refractivity contribution < 1.29 is 28.3 Å². The summed E-state index contributed by atoms with van der Waals surface area (Å²) < 4.78 is 30.4. The molecule has 0 amide bonds. The Bertz CT molecular complexity index is 847. The highest BCUT2D eigenvalue weighted by Gasteiger charge is 2.32. The van der Waals surface area contributed by atoms with E-state index in [1.165, 1.54) is 19.4 Å². The molecular formula is C25H39O6P. The van der Waals surface area contributed by atoms with Gasteiger partial charge in [0.1, 0.15) is 11.5 Å². The molecule has 1 aromatic rings. The van der Waals surface area contributed by atoms with Crippen molar-refractivity contribution in [3.63, 3.8) is 0 Å². The minimum absolute atomic E-state index is 0.00980. The highest BCUT2D eigenvalue weighted by molar-refractivity contribution is 7.54. The van der Waals surface area contributed by atoms with Crippen molar-refractivity contribution in [1.29, 1.82) is 0 Å². The molecule has 0 saturated carbocycles. The van der Waals surface area contributed by atoms with Crippen LogP contribution in [0.25, 0.3) is 0 Å². The number of hydrogen-bond donors (Lipinski definition) is 1. The zero-order valence-corrected chi connectivity index (χ0v) is 21.1. The second kappa shape index (κ2) is 12.5. The average molecular weight is 467 g/mol. The number of aromatic hydroxyl groups is 1. The van der Waals surface area contributed by atoms with Crippen molar-refractivity contribution in [2.45, 2.75) is 98.2 Å². The van der Waals surface area contributed by atoms with Gasteiger partial charge in [0.15, 0.2) is 0 Å². The van der Waals surface area contributed by atoms with Gasteiger partial charge >= 0.3 is 13.6 Å². The lowest BCUT2D eigenvalue weighted by molar-refractivity contribution is -0.158. The molecule has 3 atom stereocenters. The third-order valence-corrected chi connectivity index (χ3v) is 7.66. The number of ether oxygens (including phenoxy) is 1. The van der Waals surface area contributed by atoms with Gasteiger partial charge in [-0.15, -0.1) is 0 Å². The molecule has 32 heavy (non-hydrogen) atoms. The maximum Gasteiger partial charge on any atom is 0.382 e. The van der Waals surface area contributed by atoms with Crippen LogP contribution in [-0.2, 0) is 25.0 Å². The molecule has 3 unspecified atom stereocenters. The van der Waals surface area contributed by atoms with E-state index in [0.717, 1.165) is 50.5 Å². The van der Waals surface area contributed by atoms with Crippen LogP contribution in [0.3, 0.4) is 0 Å². The Kier molecular flexibility index (Phi) is 10.3. The van der Waals surface area contributed by atoms with Crippen molar-refractivity contribution in [2.24, 2.45) is 0 Å². The molecule has 6 nitrogen and oxygen atoms in total. The summed E-state index contributed by atoms with van der Waals surface area (Å²) in [5, 5.41) is 11.0. The second-order valence-electron chi connectivity index (χ2n) is 8.70. The van der Waals surface area contributed by atoms with E-state index >= 15 is 0 Å². The maximum absolute atomic E-state index is 13.6. The van der Waals surface area contributed by atoms with Crippen LogP contribution >= 0.6 is 7.60 Å². The first-order valence-electron chi connectivity index (χ1n) is 11.8. The number of aryl methyl sites for hydroxylation is 1. The zero-order chi connectivity index (χ0) is 23.7. The predicted molar refractivity (Wildman–Crippen MR) is 127 cm³/mol. The monoisotopic (exact) mass is 466 g/mol. The van der Waals surface area contributed by atoms with Crippen molar-refractivity contribution in [3.05, 3.63) is 34.9 Å². The van der Waals surface area contributed by atoms with E-state index in [9.17, 15) is 14.5 Å². The topological polar surface area (TPSA) is 82.1 Å². The molecule has 1 aliphatic rings. The molecule has 0 saturated heterocycles. The van der Waals surface area contributed by atoms with Gasteiger partial charge in [-0.3, -0.25) is 9.32 Å². The normalized spacial score (nSPS) is 19.0. The number of phenolic OH excluding ortho intramolecular Hbond substituents is 1. The lowest BCUT2D eigenvalue weighted by atomic mass is 9.84. The molecule has 0 fully saturated rings. The van der Waals surface area contributed by atoms with Crippen LogP contribution in [0, 0.1) is 0 Å². The van der Waals surface area contributed by atoms with Crippen molar-refractivity contribution in [2.75, 3.05) is 6.16 Å². The number of carbonyl (C=O) groups is 1. The Morgan fingerprint density at radius 1 is 1.25 bits per heavy atom. The van der Waals surface area contributed by atoms with Crippen molar-refractivity contribution in [1.82, 2.24) is 0 Å². The molecule has 0 heterocycles. The number of rotatable bonds is 12. The second-order valence-corrected chi connectivity index (χ2v) is 10.8. The fourth-order valence-corrected chi connectivity index (χ4v) is 5.94. The fraction of sp³-hybridized carbons (Fsp3) is 0.640. The number of esters is 1. The van der Waals surface area contributed by atoms with Crippen molar-refractivity contribution in [3.8, 4) is 11.5 Å². The van der Waals surface area contributed by atoms with Gasteiger partial charge in [-0.05, 0) is 70.1 Å². The molecule has 0 spiro atoms. The van der Waals surface area contributed by atoms with E-state index in [-0.39, 0.29) is 17.8 Å². The number of phenols is 1. The lowest BCUT2D eigenvalue weighted by Crippen LogP contribution is -2.18. The van der Waals surface area contributed by atoms with E-state index in [0.29, 0.717) is 17.7 Å². The summed E-state index contributed by atoms with van der Waals surface area (Å²) in [5.74, 6) is 0.0457. The largest absolute Gasteiger partial charge is 0.507 e. The first-order chi connectivity index (χ1) is 15.2. The molecule has 1 aromatic carbocycles. The number of hydrogen-bond acceptors (Lipinski definition) is 6. The van der Waals surface area contributed by atoms with Gasteiger partial charge in [-0.2, -0.15) is 0 Å². The van der Waals surface area contributed by atoms with E-state index in [1.54, 1.807) is 0 Å². The minimum atomic E-state index is -3.63. The average Bonchev–Trinajstić information content (AvgIpc) is 2.67. The quantitative estimate of drug-likeness (QED) is 0.115. The lowest BCUT2D eigenvalue weighted by Gasteiger charge is -2.27. The van der Waals surface area contributed by atoms with Crippen LogP contribution in [0.15, 0.2) is 23.8 Å². The standard InChI is InChI=1S/C25H39O6P/c1-6-8-9-12-21-16-23(27)25(22-13-10-11-18(3)15-22)24(17-21)31-32(28,14-7-2)30-20(5)29-19(4)26/h15-17,20,22,27H,6-14H2,1-5H3. The SMILES string of the molecule is CCCCCc1cc(O)c(C2C=C(C)CCC2)c(OP(=O)(CCC)OC(C)OC(C)=O)c1. The molecule has 0 aliphatic heterocycles. The van der Waals surface area contributed by atoms with Crippen LogP contribution in [0.4, 0.5) is 0 Å². The van der Waals surface area contributed by atoms with Crippen LogP contribution in [0.2, 0.25) is 0 Å². The summed E-state index contributed by atoms with van der Waals surface area (Å²) in [6.45, 7) is 8.94. The van der Waals surface area contributed by atoms with E-state index in [4.69, 9.17) is 13.8 Å². The van der Waals surface area contributed by atoms with Gasteiger partial charge in [0, 0.05) is 18.4 Å². The van der Waals surface area contributed by atoms with Gasteiger partial charge in [0.25, 0.3) is 0 Å². The molecule has 1 aliphatic carbocycles. The third-order valence-electron chi connectivity index (χ3n) is 5.57. The van der Waals surface area contributed by atoms with E-state index < -0.39 is 19.9 Å². The number of unbranched alkanes of at least 4 members (excludes halogenated alkanes) is 2. The zero-order valence-electron chi connectivity index (χ0n) is 20.2. The van der Waals surface area contributed by atoms with E-state index in [1.807, 2.05) is 19.1 Å². The van der Waals surface area contributed by atoms with Gasteiger partial charge in [0.2, 0.25) is 6.29 Å². The first kappa shape index (κ1) is 26.5. The summed E-state index contributed by atoms with van der Waals surface area (Å²) in [6, 6.07) is 3.70. The van der Waals surface area contributed by atoms with Crippen LogP contribution < -0.4 is 4.52 Å². The Hall–Kier alpha value is -1.78. The number of allylic oxidation sites excluding steroid dienone is 2. The summed E-state index contributed by atoms with van der Waals surface area (Å²) in [4.78, 5) is 11.3. The van der Waals surface area contributed by atoms with Crippen LogP contribution in [0.5, 0.6) is 11.5 Å². The molecule has 0 bridgehead atoms. The first-order valence-corrected chi connectivity index (χ1v) is 13.6. The molecule has 180 valence electrons. The Labute approximate surface area is 192 Å². The Morgan fingerprint density at radius 2 is 2.00 bits per heavy atom. The number of carbonyl (C=O) groups excluding carboxylic acids is 1. The highest BCUT2D eigenvalue weighted by atomic mass is 31.2. The van der Waals surface area contributed by atoms with Crippen molar-refractivity contribution >= 4 is 13.6 Å². The van der Waals surface area contributed by atoms with Gasteiger partial charge in [-0.25, -0.2) is 4.57 Å². The molecule has 0 radical (unpaired) electrons. The molecular weight excluding hydrogens is 427 g/mol. The Morgan fingerprint density at radius 3 is 2.62 bits per heavy atom. The summed E-state index contributed by atoms with van der Waals surface area (Å²) in [6.07, 6.45) is 8.89. The fourth-order valence-electron chi connectivity index (χ4n) is 4.20. The van der Waals surface area contributed by atoms with Crippen LogP contribution in [-0.4, -0.2) is 23.5 Å². The number of benzene rings is 1. The highest BCUT2D eigenvalue weighted by Crippen LogP contribution is 2.53. The molecule has 7 heteroatoms. The summed E-state index contributed by atoms with van der Waals surface area (Å²) in [7, 11) is -3.63. The maximum atomic E-state index is 13.6. The molecule has 2 rings (SSSR count). The minimum Gasteiger partial charge on any atom is -0.507 e. The van der Waals surface area contributed by atoms with Gasteiger partial charge < -0.3 is 14.4 Å². The summed E-state index contributed by atoms with van der Waals surface area (Å²) >= 11 is 0.